The number of carboxylic acid groups (broad SMARTS) is 1. The monoisotopic (exact) mass is 319 g/mol. The van der Waals surface area contributed by atoms with Crippen LogP contribution in [0.25, 0.3) is 11.1 Å². The van der Waals surface area contributed by atoms with Gasteiger partial charge in [-0.15, -0.1) is 0 Å². The van der Waals surface area contributed by atoms with E-state index < -0.39 is 18.2 Å². The van der Waals surface area contributed by atoms with Crippen LogP contribution >= 0.6 is 11.6 Å². The summed E-state index contributed by atoms with van der Waals surface area (Å²) >= 11 is 6.02. The van der Waals surface area contributed by atoms with E-state index in [0.717, 1.165) is 6.07 Å². The number of carbonyl (C=O) groups excluding carboxylic acids is 1. The Morgan fingerprint density at radius 2 is 2.14 bits per heavy atom. The Morgan fingerprint density at radius 1 is 1.36 bits per heavy atom. The summed E-state index contributed by atoms with van der Waals surface area (Å²) in [6.45, 7) is 0. The van der Waals surface area contributed by atoms with Crippen molar-refractivity contribution in [2.75, 3.05) is 5.32 Å². The molecule has 1 N–H and O–H groups in total. The molecule has 0 saturated heterocycles. The van der Waals surface area contributed by atoms with Gasteiger partial charge in [0, 0.05) is 12.4 Å². The van der Waals surface area contributed by atoms with E-state index >= 15 is 0 Å². The largest absolute Gasteiger partial charge is 0.550 e. The minimum absolute atomic E-state index is 0.0480. The van der Waals surface area contributed by atoms with Crippen molar-refractivity contribution < 1.29 is 18.7 Å². The molecule has 5 nitrogen and oxygen atoms in total. The van der Waals surface area contributed by atoms with Gasteiger partial charge in [-0.05, 0) is 29.8 Å². The third-order valence-electron chi connectivity index (χ3n) is 3.01. The molecule has 0 aliphatic heterocycles. The Labute approximate surface area is 129 Å². The van der Waals surface area contributed by atoms with Crippen LogP contribution in [0.2, 0.25) is 5.02 Å². The average molecular weight is 320 g/mol. The first-order chi connectivity index (χ1) is 10.5. The molecule has 3 rings (SSSR count). The number of rotatable bonds is 4. The highest BCUT2D eigenvalue weighted by Crippen LogP contribution is 2.29. The molecule has 0 atom stereocenters. The van der Waals surface area contributed by atoms with Gasteiger partial charge >= 0.3 is 0 Å². The van der Waals surface area contributed by atoms with E-state index in [1.54, 1.807) is 18.2 Å². The molecule has 2 aromatic carbocycles. The van der Waals surface area contributed by atoms with E-state index in [4.69, 9.17) is 16.0 Å². The van der Waals surface area contributed by atoms with Gasteiger partial charge in [0.2, 0.25) is 0 Å². The van der Waals surface area contributed by atoms with Crippen LogP contribution in [0.15, 0.2) is 40.8 Å². The Kier molecular flexibility index (Phi) is 3.68. The van der Waals surface area contributed by atoms with Crippen molar-refractivity contribution in [3.63, 3.8) is 0 Å². The molecule has 0 amide bonds. The predicted molar refractivity (Wildman–Crippen MR) is 77.4 cm³/mol. The molecular weight excluding hydrogens is 311 g/mol. The van der Waals surface area contributed by atoms with Crippen LogP contribution < -0.4 is 10.4 Å². The van der Waals surface area contributed by atoms with E-state index in [1.807, 2.05) is 6.07 Å². The quantitative estimate of drug-likeness (QED) is 0.800. The Morgan fingerprint density at radius 3 is 2.86 bits per heavy atom. The smallest absolute Gasteiger partial charge is 0.300 e. The summed E-state index contributed by atoms with van der Waals surface area (Å²) in [4.78, 5) is 14.7. The van der Waals surface area contributed by atoms with Gasteiger partial charge in [0.05, 0.1) is 10.7 Å². The van der Waals surface area contributed by atoms with Crippen LogP contribution in [0.1, 0.15) is 5.56 Å². The number of carbonyl (C=O) groups is 1. The van der Waals surface area contributed by atoms with E-state index in [-0.39, 0.29) is 22.3 Å². The van der Waals surface area contributed by atoms with E-state index in [0.29, 0.717) is 11.1 Å². The van der Waals surface area contributed by atoms with Gasteiger partial charge in [-0.1, -0.05) is 23.7 Å². The van der Waals surface area contributed by atoms with Gasteiger partial charge in [0.1, 0.15) is 11.3 Å². The number of anilines is 2. The Bertz CT molecular complexity index is 830. The summed E-state index contributed by atoms with van der Waals surface area (Å²) < 4.78 is 19.3. The number of nitrogens with one attached hydrogen (secondary N) is 1. The zero-order valence-corrected chi connectivity index (χ0v) is 11.9. The number of fused-ring (bicyclic) bond motifs is 1. The second-order valence-corrected chi connectivity index (χ2v) is 4.99. The van der Waals surface area contributed by atoms with Gasteiger partial charge in [-0.25, -0.2) is 4.39 Å². The first-order valence-corrected chi connectivity index (χ1v) is 6.71. The van der Waals surface area contributed by atoms with Gasteiger partial charge in [0.25, 0.3) is 6.01 Å². The van der Waals surface area contributed by atoms with Crippen molar-refractivity contribution in [3.05, 3.63) is 52.8 Å². The summed E-state index contributed by atoms with van der Waals surface area (Å²) in [5.74, 6) is -2.08. The maximum absolute atomic E-state index is 13.9. The number of halogens is 2. The second kappa shape index (κ2) is 5.65. The Balaban J connectivity index is 1.91. The third-order valence-corrected chi connectivity index (χ3v) is 3.32. The Hall–Kier alpha value is -2.60. The number of hydrogen-bond donors (Lipinski definition) is 1. The zero-order valence-electron chi connectivity index (χ0n) is 11.1. The van der Waals surface area contributed by atoms with Crippen LogP contribution in [0.3, 0.4) is 0 Å². The molecule has 0 radical (unpaired) electrons. The van der Waals surface area contributed by atoms with Crippen molar-refractivity contribution in [3.8, 4) is 0 Å². The minimum atomic E-state index is -1.38. The molecule has 0 aliphatic carbocycles. The van der Waals surface area contributed by atoms with Crippen LogP contribution in [-0.4, -0.2) is 11.0 Å². The summed E-state index contributed by atoms with van der Waals surface area (Å²) in [6, 6.07) is 9.63. The highest BCUT2D eigenvalue weighted by Gasteiger charge is 2.12. The maximum atomic E-state index is 13.9. The van der Waals surface area contributed by atoms with Crippen LogP contribution in [-0.2, 0) is 11.2 Å². The second-order valence-electron chi connectivity index (χ2n) is 4.58. The van der Waals surface area contributed by atoms with Gasteiger partial charge in [-0.3, -0.25) is 0 Å². The van der Waals surface area contributed by atoms with Crippen molar-refractivity contribution >= 4 is 40.4 Å². The van der Waals surface area contributed by atoms with Crippen molar-refractivity contribution in [1.82, 2.24) is 4.98 Å². The van der Waals surface area contributed by atoms with Crippen LogP contribution in [0.5, 0.6) is 0 Å². The number of nitrogens with zero attached hydrogens (tertiary/aromatic N) is 1. The normalized spacial score (nSPS) is 10.8. The number of aromatic nitrogens is 1. The zero-order chi connectivity index (χ0) is 15.7. The first-order valence-electron chi connectivity index (χ1n) is 6.33. The fourth-order valence-corrected chi connectivity index (χ4v) is 2.25. The molecule has 3 aromatic rings. The highest BCUT2D eigenvalue weighted by molar-refractivity contribution is 6.33. The average Bonchev–Trinajstić information content (AvgIpc) is 2.86. The molecular formula is C15H9ClFN2O3-. The molecule has 0 aliphatic rings. The van der Waals surface area contributed by atoms with Gasteiger partial charge < -0.3 is 19.6 Å². The fourth-order valence-electron chi connectivity index (χ4n) is 2.02. The third kappa shape index (κ3) is 2.87. The van der Waals surface area contributed by atoms with Gasteiger partial charge in [0.15, 0.2) is 5.58 Å². The van der Waals surface area contributed by atoms with Crippen molar-refractivity contribution in [2.45, 2.75) is 6.42 Å². The van der Waals surface area contributed by atoms with Crippen molar-refractivity contribution in [1.29, 1.82) is 0 Å². The number of hydrogen-bond acceptors (Lipinski definition) is 5. The molecule has 112 valence electrons. The summed E-state index contributed by atoms with van der Waals surface area (Å²) in [6.07, 6.45) is -0.547. The fraction of sp³-hybridized carbons (Fsp3) is 0.0667. The molecule has 7 heteroatoms. The van der Waals surface area contributed by atoms with Crippen molar-refractivity contribution in [2.24, 2.45) is 0 Å². The summed E-state index contributed by atoms with van der Waals surface area (Å²) in [7, 11) is 0. The minimum Gasteiger partial charge on any atom is -0.550 e. The number of benzene rings is 2. The first kappa shape index (κ1) is 14.3. The van der Waals surface area contributed by atoms with Crippen LogP contribution in [0, 0.1) is 5.82 Å². The highest BCUT2D eigenvalue weighted by atomic mass is 35.5. The maximum Gasteiger partial charge on any atom is 0.300 e. The van der Waals surface area contributed by atoms with Gasteiger partial charge in [-0.2, -0.15) is 4.98 Å². The van der Waals surface area contributed by atoms with Crippen LogP contribution in [0.4, 0.5) is 16.1 Å². The molecule has 22 heavy (non-hydrogen) atoms. The molecule has 0 spiro atoms. The number of para-hydroxylation sites is 2. The number of aliphatic carboxylic acids is 1. The lowest BCUT2D eigenvalue weighted by Gasteiger charge is -2.09. The van der Waals surface area contributed by atoms with E-state index in [9.17, 15) is 14.3 Å². The topological polar surface area (TPSA) is 78.2 Å². The molecule has 1 aromatic heterocycles. The molecule has 0 bridgehead atoms. The lowest BCUT2D eigenvalue weighted by molar-refractivity contribution is -0.304. The summed E-state index contributed by atoms with van der Waals surface area (Å²) in [5, 5.41) is 13.5. The SMILES string of the molecule is O=C([O-])Cc1cc(Cl)c(Nc2nc3ccccc3o2)cc1F. The molecule has 0 saturated carbocycles. The molecule has 0 unspecified atom stereocenters. The lowest BCUT2D eigenvalue weighted by atomic mass is 10.1. The summed E-state index contributed by atoms with van der Waals surface area (Å²) in [5.41, 5.74) is 1.41. The lowest BCUT2D eigenvalue weighted by Crippen LogP contribution is -2.24. The van der Waals surface area contributed by atoms with E-state index in [1.165, 1.54) is 6.07 Å². The number of oxazole rings is 1. The molecule has 1 heterocycles. The molecule has 0 fully saturated rings. The number of carboxylic acids is 1. The predicted octanol–water partition coefficient (Wildman–Crippen LogP) is 2.66. The van der Waals surface area contributed by atoms with E-state index in [2.05, 4.69) is 10.3 Å². The standard InChI is InChI=1S/C15H10ClFN2O3/c16-9-5-8(6-14(20)21)10(17)7-12(9)19-15-18-11-3-1-2-4-13(11)22-15/h1-5,7H,6H2,(H,18,19)(H,20,21)/p-1.